The Hall–Kier alpha value is -2.53. The number of hydrogen-bond donors (Lipinski definition) is 0. The van der Waals surface area contributed by atoms with E-state index in [9.17, 15) is 4.79 Å². The first-order valence-corrected chi connectivity index (χ1v) is 6.33. The molecule has 0 fully saturated rings. The fourth-order valence-electron chi connectivity index (χ4n) is 1.61. The van der Waals surface area contributed by atoms with Crippen LogP contribution in [0.15, 0.2) is 18.2 Å². The van der Waals surface area contributed by atoms with Crippen molar-refractivity contribution < 1.29 is 9.53 Å². The molecule has 0 saturated heterocycles. The van der Waals surface area contributed by atoms with E-state index < -0.39 is 0 Å². The molecule has 0 radical (unpaired) electrons. The zero-order valence-corrected chi connectivity index (χ0v) is 11.7. The lowest BCUT2D eigenvalue weighted by Gasteiger charge is -2.16. The van der Waals surface area contributed by atoms with Crippen LogP contribution in [0.4, 0.5) is 0 Å². The molecule has 1 aromatic carbocycles. The van der Waals surface area contributed by atoms with E-state index in [1.54, 1.807) is 19.2 Å². The van der Waals surface area contributed by atoms with Gasteiger partial charge in [-0.15, -0.1) is 0 Å². The number of carbonyl (C=O) groups is 1. The fourth-order valence-corrected chi connectivity index (χ4v) is 1.61. The van der Waals surface area contributed by atoms with Gasteiger partial charge in [0.05, 0.1) is 37.2 Å². The molecular formula is C15H17N3O2. The van der Waals surface area contributed by atoms with Crippen LogP contribution in [-0.2, 0) is 4.79 Å². The maximum atomic E-state index is 11.7. The Morgan fingerprint density at radius 2 is 2.15 bits per heavy atom. The Balaban J connectivity index is 2.47. The molecule has 0 aliphatic carbocycles. The zero-order chi connectivity index (χ0) is 15.0. The predicted molar refractivity (Wildman–Crippen MR) is 73.9 cm³/mol. The van der Waals surface area contributed by atoms with E-state index in [1.807, 2.05) is 25.1 Å². The molecule has 0 spiro atoms. The van der Waals surface area contributed by atoms with Gasteiger partial charge in [0.2, 0.25) is 5.91 Å². The summed E-state index contributed by atoms with van der Waals surface area (Å²) in [5.41, 5.74) is 1.46. The topological polar surface area (TPSA) is 77.1 Å². The first-order chi connectivity index (χ1) is 9.58. The summed E-state index contributed by atoms with van der Waals surface area (Å²) in [6.07, 6.45) is 0.574. The van der Waals surface area contributed by atoms with Crippen LogP contribution in [0.5, 0.6) is 5.75 Å². The van der Waals surface area contributed by atoms with Gasteiger partial charge in [-0.3, -0.25) is 4.79 Å². The molecule has 5 heteroatoms. The lowest BCUT2D eigenvalue weighted by atomic mass is 10.1. The normalized spacial score (nSPS) is 9.40. The fraction of sp³-hybridized carbons (Fsp3) is 0.400. The minimum absolute atomic E-state index is 0.0608. The highest BCUT2D eigenvalue weighted by atomic mass is 16.5. The Kier molecular flexibility index (Phi) is 6.06. The zero-order valence-electron chi connectivity index (χ0n) is 11.7. The van der Waals surface area contributed by atoms with Gasteiger partial charge in [0.1, 0.15) is 5.75 Å². The van der Waals surface area contributed by atoms with E-state index in [0.717, 1.165) is 5.56 Å². The third-order valence-corrected chi connectivity index (χ3v) is 2.88. The van der Waals surface area contributed by atoms with Gasteiger partial charge < -0.3 is 9.64 Å². The van der Waals surface area contributed by atoms with Crippen LogP contribution in [0.3, 0.4) is 0 Å². The van der Waals surface area contributed by atoms with E-state index in [2.05, 4.69) is 0 Å². The minimum Gasteiger partial charge on any atom is -0.493 e. The van der Waals surface area contributed by atoms with Gasteiger partial charge in [0.15, 0.2) is 0 Å². The van der Waals surface area contributed by atoms with Gasteiger partial charge in [0.25, 0.3) is 0 Å². The monoisotopic (exact) mass is 271 g/mol. The Labute approximate surface area is 119 Å². The van der Waals surface area contributed by atoms with Crippen molar-refractivity contribution in [3.8, 4) is 17.9 Å². The van der Waals surface area contributed by atoms with Gasteiger partial charge in [-0.1, -0.05) is 6.07 Å². The molecule has 0 aliphatic heterocycles. The third kappa shape index (κ3) is 4.62. The smallest absolute Gasteiger partial charge is 0.225 e. The molecule has 1 aromatic rings. The quantitative estimate of drug-likeness (QED) is 0.793. The van der Waals surface area contributed by atoms with Gasteiger partial charge in [0, 0.05) is 13.6 Å². The summed E-state index contributed by atoms with van der Waals surface area (Å²) in [6, 6.07) is 9.25. The Morgan fingerprint density at radius 1 is 1.40 bits per heavy atom. The second-order valence-electron chi connectivity index (χ2n) is 4.41. The minimum atomic E-state index is -0.0608. The van der Waals surface area contributed by atoms with Crippen LogP contribution < -0.4 is 4.74 Å². The average Bonchev–Trinajstić information content (AvgIpc) is 2.46. The van der Waals surface area contributed by atoms with Crippen molar-refractivity contribution in [1.82, 2.24) is 4.90 Å². The number of amides is 1. The highest BCUT2D eigenvalue weighted by molar-refractivity contribution is 5.76. The lowest BCUT2D eigenvalue weighted by molar-refractivity contribution is -0.130. The van der Waals surface area contributed by atoms with Crippen LogP contribution in [-0.4, -0.2) is 31.0 Å². The molecule has 0 aromatic heterocycles. The van der Waals surface area contributed by atoms with E-state index in [0.29, 0.717) is 24.3 Å². The van der Waals surface area contributed by atoms with Crippen molar-refractivity contribution in [1.29, 1.82) is 10.5 Å². The highest BCUT2D eigenvalue weighted by Crippen LogP contribution is 2.19. The highest BCUT2D eigenvalue weighted by Gasteiger charge is 2.09. The molecule has 0 N–H and O–H groups in total. The van der Waals surface area contributed by atoms with Crippen LogP contribution in [0.1, 0.15) is 24.0 Å². The number of ether oxygens (including phenoxy) is 1. The van der Waals surface area contributed by atoms with Crippen LogP contribution in [0.2, 0.25) is 0 Å². The van der Waals surface area contributed by atoms with E-state index in [4.69, 9.17) is 15.3 Å². The number of rotatable bonds is 6. The van der Waals surface area contributed by atoms with E-state index >= 15 is 0 Å². The summed E-state index contributed by atoms with van der Waals surface area (Å²) in [7, 11) is 1.67. The first-order valence-electron chi connectivity index (χ1n) is 6.33. The number of nitrogens with zero attached hydrogens (tertiary/aromatic N) is 3. The van der Waals surface area contributed by atoms with E-state index in [1.165, 1.54) is 4.90 Å². The maximum absolute atomic E-state index is 11.7. The summed E-state index contributed by atoms with van der Waals surface area (Å²) in [5.74, 6) is 0.561. The van der Waals surface area contributed by atoms with Crippen LogP contribution in [0.25, 0.3) is 0 Å². The summed E-state index contributed by atoms with van der Waals surface area (Å²) in [5, 5.41) is 17.3. The molecule has 0 bridgehead atoms. The van der Waals surface area contributed by atoms with Gasteiger partial charge in [-0.2, -0.15) is 10.5 Å². The van der Waals surface area contributed by atoms with Gasteiger partial charge in [-0.25, -0.2) is 0 Å². The summed E-state index contributed by atoms with van der Waals surface area (Å²) < 4.78 is 5.54. The summed E-state index contributed by atoms with van der Waals surface area (Å²) in [4.78, 5) is 13.3. The lowest BCUT2D eigenvalue weighted by Crippen LogP contribution is -2.28. The second-order valence-corrected chi connectivity index (χ2v) is 4.41. The molecule has 5 nitrogen and oxygen atoms in total. The molecule has 0 atom stereocenters. The van der Waals surface area contributed by atoms with Crippen LogP contribution in [0, 0.1) is 29.6 Å². The van der Waals surface area contributed by atoms with Gasteiger partial charge in [-0.05, 0) is 24.6 Å². The molecule has 0 unspecified atom stereocenters. The van der Waals surface area contributed by atoms with Crippen molar-refractivity contribution in [2.75, 3.05) is 20.2 Å². The third-order valence-electron chi connectivity index (χ3n) is 2.88. The second kappa shape index (κ2) is 7.81. The van der Waals surface area contributed by atoms with Crippen molar-refractivity contribution in [3.63, 3.8) is 0 Å². The molecule has 104 valence electrons. The van der Waals surface area contributed by atoms with E-state index in [-0.39, 0.29) is 18.9 Å². The molecule has 0 heterocycles. The Bertz CT molecular complexity index is 555. The predicted octanol–water partition coefficient (Wildman–Crippen LogP) is 2.01. The maximum Gasteiger partial charge on any atom is 0.225 e. The number of nitriles is 2. The molecule has 1 rings (SSSR count). The van der Waals surface area contributed by atoms with Crippen molar-refractivity contribution in [2.45, 2.75) is 19.8 Å². The Morgan fingerprint density at radius 3 is 2.80 bits per heavy atom. The van der Waals surface area contributed by atoms with Crippen molar-refractivity contribution in [3.05, 3.63) is 29.3 Å². The van der Waals surface area contributed by atoms with Gasteiger partial charge >= 0.3 is 0 Å². The van der Waals surface area contributed by atoms with Crippen LogP contribution >= 0.6 is 0 Å². The standard InChI is InChI=1S/C15H17N3O2/c1-12-4-5-13(11-17)10-14(12)20-9-6-15(19)18(2)8-3-7-16/h4-5,10H,3,6,8-9H2,1-2H3. The summed E-state index contributed by atoms with van der Waals surface area (Å²) in [6.45, 7) is 2.57. The molecule has 1 amide bonds. The largest absolute Gasteiger partial charge is 0.493 e. The SMILES string of the molecule is Cc1ccc(C#N)cc1OCCC(=O)N(C)CCC#N. The average molecular weight is 271 g/mol. The summed E-state index contributed by atoms with van der Waals surface area (Å²) >= 11 is 0. The molecular weight excluding hydrogens is 254 g/mol. The molecule has 0 aliphatic rings. The number of benzene rings is 1. The number of carbonyl (C=O) groups excluding carboxylic acids is 1. The van der Waals surface area contributed by atoms with Crippen molar-refractivity contribution in [2.24, 2.45) is 0 Å². The number of hydrogen-bond acceptors (Lipinski definition) is 4. The van der Waals surface area contributed by atoms with Crippen molar-refractivity contribution >= 4 is 5.91 Å². The number of aryl methyl sites for hydroxylation is 1. The molecule has 0 saturated carbocycles. The molecule has 20 heavy (non-hydrogen) atoms. The first kappa shape index (κ1) is 15.5.